The van der Waals surface area contributed by atoms with Crippen molar-refractivity contribution < 1.29 is 0 Å². The van der Waals surface area contributed by atoms with Crippen molar-refractivity contribution in [3.63, 3.8) is 0 Å². The predicted molar refractivity (Wildman–Crippen MR) is 70.1 cm³/mol. The van der Waals surface area contributed by atoms with E-state index >= 15 is 0 Å². The van der Waals surface area contributed by atoms with Crippen LogP contribution in [0.2, 0.25) is 0 Å². The van der Waals surface area contributed by atoms with E-state index in [1.807, 2.05) is 6.07 Å². The molecule has 0 radical (unpaired) electrons. The maximum Gasteiger partial charge on any atom is 0.225 e. The zero-order valence-electron chi connectivity index (χ0n) is 10.8. The fraction of sp³-hybridized carbons (Fsp3) is 0.615. The maximum absolute atomic E-state index is 9.16. The quantitative estimate of drug-likeness (QED) is 0.800. The van der Waals surface area contributed by atoms with Crippen LogP contribution in [0.15, 0.2) is 18.5 Å². The number of anilines is 1. The minimum Gasteiger partial charge on any atom is -0.338 e. The van der Waals surface area contributed by atoms with Gasteiger partial charge in [-0.3, -0.25) is 4.90 Å². The van der Waals surface area contributed by atoms with E-state index in [-0.39, 0.29) is 6.04 Å². The first-order valence-corrected chi connectivity index (χ1v) is 6.50. The van der Waals surface area contributed by atoms with Gasteiger partial charge in [0.1, 0.15) is 0 Å². The number of piperazine rings is 1. The highest BCUT2D eigenvalue weighted by molar-refractivity contribution is 5.29. The lowest BCUT2D eigenvalue weighted by Gasteiger charge is -2.36. The third kappa shape index (κ3) is 2.96. The van der Waals surface area contributed by atoms with Crippen LogP contribution in [0.25, 0.3) is 0 Å². The van der Waals surface area contributed by atoms with Gasteiger partial charge in [-0.05, 0) is 12.5 Å². The van der Waals surface area contributed by atoms with Crippen LogP contribution >= 0.6 is 0 Å². The first kappa shape index (κ1) is 12.8. The molecule has 5 nitrogen and oxygen atoms in total. The van der Waals surface area contributed by atoms with Crippen LogP contribution in [0.3, 0.4) is 0 Å². The van der Waals surface area contributed by atoms with Crippen LogP contribution < -0.4 is 4.90 Å². The molecule has 0 bridgehead atoms. The average Bonchev–Trinajstić information content (AvgIpc) is 2.46. The lowest BCUT2D eigenvalue weighted by molar-refractivity contribution is 0.210. The molecule has 5 heteroatoms. The highest BCUT2D eigenvalue weighted by Crippen LogP contribution is 2.13. The Kier molecular flexibility index (Phi) is 4.48. The molecule has 18 heavy (non-hydrogen) atoms. The van der Waals surface area contributed by atoms with Gasteiger partial charge < -0.3 is 4.90 Å². The fourth-order valence-electron chi connectivity index (χ4n) is 2.29. The number of hydrogen-bond acceptors (Lipinski definition) is 5. The Morgan fingerprint density at radius 3 is 2.50 bits per heavy atom. The number of rotatable bonds is 4. The van der Waals surface area contributed by atoms with E-state index < -0.39 is 0 Å². The van der Waals surface area contributed by atoms with Crippen LogP contribution in [0.5, 0.6) is 0 Å². The molecule has 0 aliphatic carbocycles. The lowest BCUT2D eigenvalue weighted by atomic mass is 10.1. The van der Waals surface area contributed by atoms with Crippen LogP contribution in [-0.4, -0.2) is 47.1 Å². The predicted octanol–water partition coefficient (Wildman–Crippen LogP) is 1.29. The van der Waals surface area contributed by atoms with Crippen molar-refractivity contribution in [1.82, 2.24) is 14.9 Å². The molecule has 2 heterocycles. The van der Waals surface area contributed by atoms with E-state index in [0.29, 0.717) is 0 Å². The summed E-state index contributed by atoms with van der Waals surface area (Å²) in [5.74, 6) is 0.793. The summed E-state index contributed by atoms with van der Waals surface area (Å²) in [5, 5.41) is 9.16. The Morgan fingerprint density at radius 1 is 1.28 bits per heavy atom. The normalized spacial score (nSPS) is 18.3. The third-order valence-electron chi connectivity index (χ3n) is 3.30. The van der Waals surface area contributed by atoms with E-state index in [1.54, 1.807) is 12.4 Å². The molecule has 1 unspecified atom stereocenters. The van der Waals surface area contributed by atoms with Crippen molar-refractivity contribution in [2.75, 3.05) is 31.1 Å². The van der Waals surface area contributed by atoms with E-state index in [9.17, 15) is 0 Å². The minimum atomic E-state index is 0.0637. The highest BCUT2D eigenvalue weighted by Gasteiger charge is 2.23. The van der Waals surface area contributed by atoms with Crippen LogP contribution in [0, 0.1) is 11.3 Å². The van der Waals surface area contributed by atoms with Crippen molar-refractivity contribution in [3.8, 4) is 6.07 Å². The van der Waals surface area contributed by atoms with Crippen LogP contribution in [-0.2, 0) is 0 Å². The molecule has 96 valence electrons. The average molecular weight is 245 g/mol. The zero-order valence-corrected chi connectivity index (χ0v) is 10.8. The smallest absolute Gasteiger partial charge is 0.225 e. The summed E-state index contributed by atoms with van der Waals surface area (Å²) in [6, 6.07) is 4.29. The second kappa shape index (κ2) is 6.31. The lowest BCUT2D eigenvalue weighted by Crippen LogP contribution is -2.50. The molecule has 0 amide bonds. The van der Waals surface area contributed by atoms with Gasteiger partial charge >= 0.3 is 0 Å². The third-order valence-corrected chi connectivity index (χ3v) is 3.30. The molecule has 2 rings (SSSR count). The summed E-state index contributed by atoms with van der Waals surface area (Å²) >= 11 is 0. The largest absolute Gasteiger partial charge is 0.338 e. The second-order valence-corrected chi connectivity index (χ2v) is 4.51. The molecular weight excluding hydrogens is 226 g/mol. The van der Waals surface area contributed by atoms with Gasteiger partial charge in [0.05, 0.1) is 12.1 Å². The SMILES string of the molecule is CCCC(C#N)N1CCN(c2ncccn2)CC1. The summed E-state index contributed by atoms with van der Waals surface area (Å²) < 4.78 is 0. The van der Waals surface area contributed by atoms with Crippen LogP contribution in [0.4, 0.5) is 5.95 Å². The standard InChI is InChI=1S/C13H19N5/c1-2-4-12(11-14)17-7-9-18(10-8-17)13-15-5-3-6-16-13/h3,5-6,12H,2,4,7-10H2,1H3. The van der Waals surface area contributed by atoms with Gasteiger partial charge in [-0.2, -0.15) is 5.26 Å². The van der Waals surface area contributed by atoms with E-state index in [0.717, 1.165) is 45.0 Å². The molecule has 1 aliphatic rings. The molecule has 0 aromatic carbocycles. The van der Waals surface area contributed by atoms with Crippen molar-refractivity contribution in [2.45, 2.75) is 25.8 Å². The molecule has 1 aliphatic heterocycles. The molecular formula is C13H19N5. The number of nitrogens with zero attached hydrogens (tertiary/aromatic N) is 5. The van der Waals surface area contributed by atoms with Gasteiger partial charge in [-0.15, -0.1) is 0 Å². The summed E-state index contributed by atoms with van der Waals surface area (Å²) in [6.07, 6.45) is 5.55. The first-order valence-electron chi connectivity index (χ1n) is 6.50. The Hall–Kier alpha value is -1.67. The summed E-state index contributed by atoms with van der Waals surface area (Å²) in [6.45, 7) is 5.74. The van der Waals surface area contributed by atoms with E-state index in [4.69, 9.17) is 5.26 Å². The molecule has 1 saturated heterocycles. The summed E-state index contributed by atoms with van der Waals surface area (Å²) in [5.41, 5.74) is 0. The van der Waals surface area contributed by atoms with Gasteiger partial charge in [0.25, 0.3) is 0 Å². The highest BCUT2D eigenvalue weighted by atomic mass is 15.3. The Morgan fingerprint density at radius 2 is 1.94 bits per heavy atom. The molecule has 0 spiro atoms. The Bertz CT molecular complexity index is 392. The molecule has 0 saturated carbocycles. The van der Waals surface area contributed by atoms with E-state index in [1.165, 1.54) is 0 Å². The number of nitriles is 1. The van der Waals surface area contributed by atoms with Gasteiger partial charge in [0.15, 0.2) is 0 Å². The fourth-order valence-corrected chi connectivity index (χ4v) is 2.29. The zero-order chi connectivity index (χ0) is 12.8. The van der Waals surface area contributed by atoms with Gasteiger partial charge in [-0.1, -0.05) is 13.3 Å². The molecule has 1 aromatic heterocycles. The number of hydrogen-bond donors (Lipinski definition) is 0. The van der Waals surface area contributed by atoms with Gasteiger partial charge in [0, 0.05) is 38.6 Å². The van der Waals surface area contributed by atoms with Gasteiger partial charge in [0.2, 0.25) is 5.95 Å². The topological polar surface area (TPSA) is 56.1 Å². The molecule has 1 aromatic rings. The molecule has 0 N–H and O–H groups in total. The monoisotopic (exact) mass is 245 g/mol. The Labute approximate surface area is 108 Å². The van der Waals surface area contributed by atoms with Gasteiger partial charge in [-0.25, -0.2) is 9.97 Å². The number of aromatic nitrogens is 2. The van der Waals surface area contributed by atoms with Crippen molar-refractivity contribution >= 4 is 5.95 Å². The van der Waals surface area contributed by atoms with Crippen molar-refractivity contribution in [3.05, 3.63) is 18.5 Å². The minimum absolute atomic E-state index is 0.0637. The van der Waals surface area contributed by atoms with Crippen molar-refractivity contribution in [2.24, 2.45) is 0 Å². The molecule has 1 atom stereocenters. The van der Waals surface area contributed by atoms with Crippen LogP contribution in [0.1, 0.15) is 19.8 Å². The molecule has 1 fully saturated rings. The summed E-state index contributed by atoms with van der Waals surface area (Å²) in [7, 11) is 0. The van der Waals surface area contributed by atoms with Crippen molar-refractivity contribution in [1.29, 1.82) is 5.26 Å². The second-order valence-electron chi connectivity index (χ2n) is 4.51. The maximum atomic E-state index is 9.16. The summed E-state index contributed by atoms with van der Waals surface area (Å²) in [4.78, 5) is 13.0. The Balaban J connectivity index is 1.90. The van der Waals surface area contributed by atoms with E-state index in [2.05, 4.69) is 32.8 Å². The first-order chi connectivity index (χ1) is 8.85.